The van der Waals surface area contributed by atoms with Gasteiger partial charge in [-0.3, -0.25) is 4.79 Å². The standard InChI is InChI=1S/C28H23NO/c1-3-23(21-13-5-4-6-14-21)28(24-18-11-15-20-12-7-8-16-22(20)24)25-17-9-10-19-26(25)29(2)27(28)30/h3-19,23H,1H2,2H3. The summed E-state index contributed by atoms with van der Waals surface area (Å²) in [6.45, 7) is 4.19. The van der Waals surface area contributed by atoms with Gasteiger partial charge in [-0.15, -0.1) is 6.58 Å². The van der Waals surface area contributed by atoms with Gasteiger partial charge < -0.3 is 4.90 Å². The summed E-state index contributed by atoms with van der Waals surface area (Å²) in [5.41, 5.74) is 3.21. The highest BCUT2D eigenvalue weighted by molar-refractivity contribution is 6.13. The third-order valence-corrected chi connectivity index (χ3v) is 6.41. The Morgan fingerprint density at radius 2 is 1.43 bits per heavy atom. The number of rotatable bonds is 4. The number of hydrogen-bond acceptors (Lipinski definition) is 1. The molecular formula is C28H23NO. The highest BCUT2D eigenvalue weighted by Gasteiger charge is 2.55. The fourth-order valence-corrected chi connectivity index (χ4v) is 5.11. The summed E-state index contributed by atoms with van der Waals surface area (Å²) in [6.07, 6.45) is 1.94. The summed E-state index contributed by atoms with van der Waals surface area (Å²) in [6, 6.07) is 32.9. The molecule has 0 spiro atoms. The Bertz CT molecular complexity index is 1250. The van der Waals surface area contributed by atoms with Crippen LogP contribution in [0.1, 0.15) is 22.6 Å². The molecule has 2 nitrogen and oxygen atoms in total. The third kappa shape index (κ3) is 2.40. The second-order valence-electron chi connectivity index (χ2n) is 7.84. The van der Waals surface area contributed by atoms with Gasteiger partial charge in [-0.25, -0.2) is 0 Å². The fraction of sp³-hybridized carbons (Fsp3) is 0.107. The topological polar surface area (TPSA) is 20.3 Å². The van der Waals surface area contributed by atoms with E-state index >= 15 is 0 Å². The van der Waals surface area contributed by atoms with Crippen LogP contribution < -0.4 is 4.90 Å². The van der Waals surface area contributed by atoms with E-state index in [1.165, 1.54) is 0 Å². The number of carbonyl (C=O) groups excluding carboxylic acids is 1. The van der Waals surface area contributed by atoms with Gasteiger partial charge in [0.05, 0.1) is 0 Å². The van der Waals surface area contributed by atoms with Crippen molar-refractivity contribution in [2.24, 2.45) is 0 Å². The highest BCUT2D eigenvalue weighted by Crippen LogP contribution is 2.55. The van der Waals surface area contributed by atoms with E-state index in [1.807, 2.05) is 61.7 Å². The number of benzene rings is 4. The Hall–Kier alpha value is -3.65. The number of amides is 1. The average Bonchev–Trinajstić information content (AvgIpc) is 3.03. The molecule has 2 heteroatoms. The molecule has 0 saturated heterocycles. The smallest absolute Gasteiger partial charge is 0.242 e. The van der Waals surface area contributed by atoms with E-state index in [4.69, 9.17) is 0 Å². The summed E-state index contributed by atoms with van der Waals surface area (Å²) in [5, 5.41) is 2.23. The van der Waals surface area contributed by atoms with Gasteiger partial charge in [0, 0.05) is 18.7 Å². The van der Waals surface area contributed by atoms with Crippen LogP contribution in [-0.4, -0.2) is 13.0 Å². The molecule has 146 valence electrons. The molecule has 0 radical (unpaired) electrons. The van der Waals surface area contributed by atoms with Crippen molar-refractivity contribution in [2.75, 3.05) is 11.9 Å². The molecule has 1 heterocycles. The first kappa shape index (κ1) is 18.4. The lowest BCUT2D eigenvalue weighted by molar-refractivity contribution is -0.121. The summed E-state index contributed by atoms with van der Waals surface area (Å²) in [7, 11) is 1.87. The molecule has 1 aliphatic heterocycles. The van der Waals surface area contributed by atoms with Gasteiger partial charge in [0.25, 0.3) is 0 Å². The van der Waals surface area contributed by atoms with Crippen LogP contribution in [-0.2, 0) is 10.2 Å². The van der Waals surface area contributed by atoms with E-state index in [-0.39, 0.29) is 11.8 Å². The Morgan fingerprint density at radius 1 is 0.800 bits per heavy atom. The minimum atomic E-state index is -0.880. The first-order chi connectivity index (χ1) is 14.7. The van der Waals surface area contributed by atoms with Crippen LogP contribution in [0.25, 0.3) is 10.8 Å². The maximum atomic E-state index is 14.2. The minimum absolute atomic E-state index is 0.0776. The molecule has 0 saturated carbocycles. The molecule has 2 atom stereocenters. The first-order valence-electron chi connectivity index (χ1n) is 10.2. The minimum Gasteiger partial charge on any atom is -0.314 e. The van der Waals surface area contributed by atoms with Gasteiger partial charge in [0.1, 0.15) is 5.41 Å². The van der Waals surface area contributed by atoms with E-state index in [2.05, 4.69) is 55.1 Å². The molecule has 0 bridgehead atoms. The number of anilines is 1. The summed E-state index contributed by atoms with van der Waals surface area (Å²) in [4.78, 5) is 16.0. The Labute approximate surface area is 177 Å². The summed E-state index contributed by atoms with van der Waals surface area (Å²) >= 11 is 0. The van der Waals surface area contributed by atoms with Crippen molar-refractivity contribution >= 4 is 22.4 Å². The average molecular weight is 389 g/mol. The molecule has 2 unspecified atom stereocenters. The van der Waals surface area contributed by atoms with Crippen molar-refractivity contribution in [3.63, 3.8) is 0 Å². The quantitative estimate of drug-likeness (QED) is 0.388. The number of fused-ring (bicyclic) bond motifs is 2. The van der Waals surface area contributed by atoms with E-state index in [1.54, 1.807) is 4.90 Å². The van der Waals surface area contributed by atoms with Crippen LogP contribution >= 0.6 is 0 Å². The zero-order chi connectivity index (χ0) is 20.7. The molecule has 0 fully saturated rings. The summed E-state index contributed by atoms with van der Waals surface area (Å²) < 4.78 is 0. The number of hydrogen-bond donors (Lipinski definition) is 0. The lowest BCUT2D eigenvalue weighted by Gasteiger charge is -2.36. The first-order valence-corrected chi connectivity index (χ1v) is 10.2. The van der Waals surface area contributed by atoms with Gasteiger partial charge in [-0.2, -0.15) is 0 Å². The Morgan fingerprint density at radius 3 is 2.23 bits per heavy atom. The maximum Gasteiger partial charge on any atom is 0.242 e. The number of likely N-dealkylation sites (N-methyl/N-ethyl adjacent to an activating group) is 1. The predicted octanol–water partition coefficient (Wildman–Crippen LogP) is 6.07. The zero-order valence-electron chi connectivity index (χ0n) is 17.0. The van der Waals surface area contributed by atoms with Crippen molar-refractivity contribution in [3.05, 3.63) is 126 Å². The molecular weight excluding hydrogens is 366 g/mol. The van der Waals surface area contributed by atoms with Gasteiger partial charge in [-0.1, -0.05) is 97.1 Å². The molecule has 0 aliphatic carbocycles. The van der Waals surface area contributed by atoms with Crippen LogP contribution in [0.3, 0.4) is 0 Å². The van der Waals surface area contributed by atoms with Gasteiger partial charge in [0.2, 0.25) is 5.91 Å². The van der Waals surface area contributed by atoms with Crippen LogP contribution in [0.2, 0.25) is 0 Å². The van der Waals surface area contributed by atoms with Crippen molar-refractivity contribution in [1.82, 2.24) is 0 Å². The highest BCUT2D eigenvalue weighted by atomic mass is 16.2. The second kappa shape index (κ2) is 7.00. The lowest BCUT2D eigenvalue weighted by Crippen LogP contribution is -2.44. The maximum absolute atomic E-state index is 14.2. The van der Waals surface area contributed by atoms with Gasteiger partial charge >= 0.3 is 0 Å². The van der Waals surface area contributed by atoms with E-state index in [0.29, 0.717) is 0 Å². The Kier molecular flexibility index (Phi) is 4.29. The SMILES string of the molecule is C=CC(c1ccccc1)C1(c2cccc3ccccc23)C(=O)N(C)c2ccccc21. The molecule has 30 heavy (non-hydrogen) atoms. The lowest BCUT2D eigenvalue weighted by atomic mass is 9.63. The van der Waals surface area contributed by atoms with Gasteiger partial charge in [0.15, 0.2) is 0 Å². The van der Waals surface area contributed by atoms with Gasteiger partial charge in [-0.05, 0) is 33.5 Å². The number of carbonyl (C=O) groups is 1. The predicted molar refractivity (Wildman–Crippen MR) is 124 cm³/mol. The zero-order valence-corrected chi connectivity index (χ0v) is 17.0. The summed E-state index contributed by atoms with van der Waals surface area (Å²) in [5.74, 6) is -0.128. The van der Waals surface area contributed by atoms with E-state index in [0.717, 1.165) is 33.2 Å². The monoisotopic (exact) mass is 389 g/mol. The fourth-order valence-electron chi connectivity index (χ4n) is 5.11. The van der Waals surface area contributed by atoms with Crippen molar-refractivity contribution < 1.29 is 4.79 Å². The van der Waals surface area contributed by atoms with Crippen LogP contribution in [0.4, 0.5) is 5.69 Å². The van der Waals surface area contributed by atoms with E-state index in [9.17, 15) is 4.79 Å². The molecule has 1 amide bonds. The van der Waals surface area contributed by atoms with E-state index < -0.39 is 5.41 Å². The van der Waals surface area contributed by atoms with Crippen molar-refractivity contribution in [1.29, 1.82) is 0 Å². The number of nitrogens with zero attached hydrogens (tertiary/aromatic N) is 1. The largest absolute Gasteiger partial charge is 0.314 e. The molecule has 1 aliphatic rings. The molecule has 4 aromatic carbocycles. The second-order valence-corrected chi connectivity index (χ2v) is 7.84. The number of para-hydroxylation sites is 1. The third-order valence-electron chi connectivity index (χ3n) is 6.41. The molecule has 0 N–H and O–H groups in total. The van der Waals surface area contributed by atoms with Crippen LogP contribution in [0.5, 0.6) is 0 Å². The molecule has 0 aromatic heterocycles. The Balaban J connectivity index is 1.94. The molecule has 5 rings (SSSR count). The number of allylic oxidation sites excluding steroid dienone is 1. The van der Waals surface area contributed by atoms with Crippen LogP contribution in [0, 0.1) is 0 Å². The van der Waals surface area contributed by atoms with Crippen LogP contribution in [0.15, 0.2) is 110 Å². The molecule has 4 aromatic rings. The van der Waals surface area contributed by atoms with Crippen molar-refractivity contribution in [3.8, 4) is 0 Å². The normalized spacial score (nSPS) is 19.0. The van der Waals surface area contributed by atoms with Crippen molar-refractivity contribution in [2.45, 2.75) is 11.3 Å².